The van der Waals surface area contributed by atoms with Gasteiger partial charge in [-0.05, 0) is 25.7 Å². The fourth-order valence-corrected chi connectivity index (χ4v) is 2.82. The molecule has 1 saturated carbocycles. The van der Waals surface area contributed by atoms with E-state index in [9.17, 15) is 13.2 Å². The van der Waals surface area contributed by atoms with E-state index in [2.05, 4.69) is 32.1 Å². The molecular weight excluding hydrogens is 381 g/mol. The number of thiazole rings is 1. The molecule has 2 aromatic rings. The zero-order chi connectivity index (χ0) is 19.9. The van der Waals surface area contributed by atoms with E-state index < -0.39 is 12.1 Å². The number of aryl methyl sites for hydroxylation is 1. The molecule has 0 unspecified atom stereocenters. The number of carboxylic acid groups (broad SMARTS) is 1. The van der Waals surface area contributed by atoms with E-state index in [1.165, 1.54) is 25.7 Å². The van der Waals surface area contributed by atoms with Crippen LogP contribution < -0.4 is 5.32 Å². The number of anilines is 1. The molecule has 2 N–H and O–H groups in total. The number of hydrogen-bond acceptors (Lipinski definition) is 6. The Morgan fingerprint density at radius 3 is 2.33 bits per heavy atom. The Morgan fingerprint density at radius 1 is 1.26 bits per heavy atom. The fourth-order valence-electron chi connectivity index (χ4n) is 2.28. The topological polar surface area (TPSA) is 88.0 Å². The lowest BCUT2D eigenvalue weighted by molar-refractivity contribution is -0.192. The molecule has 1 aliphatic carbocycles. The molecule has 0 saturated heterocycles. The third-order valence-electron chi connectivity index (χ3n) is 3.54. The van der Waals surface area contributed by atoms with Gasteiger partial charge in [-0.15, -0.1) is 11.3 Å². The van der Waals surface area contributed by atoms with Gasteiger partial charge in [-0.25, -0.2) is 19.7 Å². The minimum atomic E-state index is -5.08. The van der Waals surface area contributed by atoms with Crippen molar-refractivity contribution >= 4 is 23.3 Å². The normalized spacial score (nSPS) is 13.9. The van der Waals surface area contributed by atoms with Crippen molar-refractivity contribution in [3.05, 3.63) is 34.0 Å². The summed E-state index contributed by atoms with van der Waals surface area (Å²) in [5.41, 5.74) is 1.62. The average molecular weight is 398 g/mol. The van der Waals surface area contributed by atoms with Gasteiger partial charge in [-0.1, -0.05) is 18.8 Å². The van der Waals surface area contributed by atoms with Gasteiger partial charge in [0.05, 0.1) is 10.6 Å². The molecule has 27 heavy (non-hydrogen) atoms. The molecule has 6 nitrogen and oxygen atoms in total. The number of nitrogens with one attached hydrogen (secondary N) is 1. The van der Waals surface area contributed by atoms with Crippen LogP contribution in [0.25, 0.3) is 0 Å². The number of halogens is 3. The van der Waals surface area contributed by atoms with E-state index in [0.29, 0.717) is 12.0 Å². The summed E-state index contributed by atoms with van der Waals surface area (Å²) in [7, 11) is 0. The van der Waals surface area contributed by atoms with Crippen LogP contribution >= 0.6 is 11.3 Å². The summed E-state index contributed by atoms with van der Waals surface area (Å²) >= 11 is 1.60. The van der Waals surface area contributed by atoms with Gasteiger partial charge in [0.1, 0.15) is 5.69 Å². The van der Waals surface area contributed by atoms with Gasteiger partial charge in [0, 0.05) is 23.8 Å². The van der Waals surface area contributed by atoms with E-state index >= 15 is 0 Å². The van der Waals surface area contributed by atoms with Crippen LogP contribution in [0.15, 0.2) is 17.8 Å². The second kappa shape index (κ2) is 9.32. The number of nitrogens with zero attached hydrogens (tertiary/aromatic N) is 3. The number of alkyl halides is 3. The van der Waals surface area contributed by atoms with E-state index in [-0.39, 0.29) is 0 Å². The van der Waals surface area contributed by atoms with Crippen molar-refractivity contribution in [2.24, 2.45) is 0 Å². The van der Waals surface area contributed by atoms with Crippen molar-refractivity contribution in [2.75, 3.05) is 5.32 Å². The molecule has 0 aliphatic heterocycles. The second-order valence-electron chi connectivity index (χ2n) is 5.73. The number of rotatable bonds is 2. The number of aromatic nitrogens is 3. The third-order valence-corrected chi connectivity index (χ3v) is 4.31. The number of aliphatic carboxylic acids is 1. The first kappa shape index (κ1) is 20.6. The van der Waals surface area contributed by atoms with Gasteiger partial charge in [0.25, 0.3) is 0 Å². The minimum Gasteiger partial charge on any atom is -0.475 e. The van der Waals surface area contributed by atoms with Gasteiger partial charge in [0.2, 0.25) is 5.95 Å². The van der Waals surface area contributed by atoms with E-state index in [1.807, 2.05) is 12.3 Å². The summed E-state index contributed by atoms with van der Waals surface area (Å²) < 4.78 is 31.7. The maximum absolute atomic E-state index is 10.6. The zero-order valence-electron chi connectivity index (χ0n) is 14.4. The first-order valence-corrected chi connectivity index (χ1v) is 8.95. The van der Waals surface area contributed by atoms with Crippen molar-refractivity contribution in [2.45, 2.75) is 44.8 Å². The fraction of sp³-hybridized carbons (Fsp3) is 0.412. The van der Waals surface area contributed by atoms with E-state index in [4.69, 9.17) is 9.90 Å². The van der Waals surface area contributed by atoms with Crippen molar-refractivity contribution in [3.8, 4) is 11.8 Å². The molecule has 144 valence electrons. The Morgan fingerprint density at radius 2 is 1.85 bits per heavy atom. The van der Waals surface area contributed by atoms with Gasteiger partial charge in [-0.3, -0.25) is 0 Å². The van der Waals surface area contributed by atoms with Gasteiger partial charge in [0.15, 0.2) is 0 Å². The molecule has 0 radical (unpaired) electrons. The monoisotopic (exact) mass is 398 g/mol. The molecule has 1 aliphatic rings. The van der Waals surface area contributed by atoms with Crippen LogP contribution in [0.5, 0.6) is 0 Å². The van der Waals surface area contributed by atoms with Crippen molar-refractivity contribution in [3.63, 3.8) is 0 Å². The average Bonchev–Trinajstić information content (AvgIpc) is 3.26. The molecular formula is C17H17F3N4O2S. The number of carboxylic acids is 1. The lowest BCUT2D eigenvalue weighted by Crippen LogP contribution is -2.21. The van der Waals surface area contributed by atoms with Gasteiger partial charge in [-0.2, -0.15) is 13.2 Å². The summed E-state index contributed by atoms with van der Waals surface area (Å²) in [5, 5.41) is 13.5. The molecule has 0 spiro atoms. The first-order chi connectivity index (χ1) is 12.7. The van der Waals surface area contributed by atoms with Crippen LogP contribution in [0, 0.1) is 18.8 Å². The summed E-state index contributed by atoms with van der Waals surface area (Å²) in [6, 6.07) is 0.532. The molecule has 10 heteroatoms. The largest absolute Gasteiger partial charge is 0.490 e. The lowest BCUT2D eigenvalue weighted by atomic mass is 10.2. The molecule has 0 bridgehead atoms. The molecule has 0 amide bonds. The zero-order valence-corrected chi connectivity index (χ0v) is 15.2. The smallest absolute Gasteiger partial charge is 0.475 e. The predicted octanol–water partition coefficient (Wildman–Crippen LogP) is 3.63. The SMILES string of the molecule is Cc1nc(C#Cc2cnc(NC3CCCC3)nc2)cs1.O=C(O)C(F)(F)F. The molecule has 1 fully saturated rings. The highest BCUT2D eigenvalue weighted by Gasteiger charge is 2.38. The van der Waals surface area contributed by atoms with Crippen LogP contribution in [0.2, 0.25) is 0 Å². The molecule has 2 aromatic heterocycles. The van der Waals surface area contributed by atoms with Crippen LogP contribution in [0.1, 0.15) is 41.9 Å². The Kier molecular flexibility index (Phi) is 7.12. The standard InChI is InChI=1S/C15H16N4S.C2HF3O2/c1-11-18-14(10-20-11)7-6-12-8-16-15(17-9-12)19-13-4-2-3-5-13;3-2(4,5)1(6)7/h8-10,13H,2-5H2,1H3,(H,16,17,19);(H,6,7). The van der Waals surface area contributed by atoms with Crippen molar-refractivity contribution < 1.29 is 23.1 Å². The highest BCUT2D eigenvalue weighted by atomic mass is 32.1. The third kappa shape index (κ3) is 7.22. The van der Waals surface area contributed by atoms with E-state index in [0.717, 1.165) is 16.3 Å². The Labute approximate surface area is 157 Å². The van der Waals surface area contributed by atoms with Gasteiger partial charge < -0.3 is 10.4 Å². The summed E-state index contributed by atoms with van der Waals surface area (Å²) in [6.45, 7) is 1.97. The number of carbonyl (C=O) groups is 1. The predicted molar refractivity (Wildman–Crippen MR) is 94.4 cm³/mol. The van der Waals surface area contributed by atoms with E-state index in [1.54, 1.807) is 23.7 Å². The van der Waals surface area contributed by atoms with Crippen LogP contribution in [-0.2, 0) is 4.79 Å². The maximum Gasteiger partial charge on any atom is 0.490 e. The summed E-state index contributed by atoms with van der Waals surface area (Å²) in [6.07, 6.45) is 3.47. The quantitative estimate of drug-likeness (QED) is 0.751. The lowest BCUT2D eigenvalue weighted by Gasteiger charge is -2.10. The van der Waals surface area contributed by atoms with Crippen LogP contribution in [0.3, 0.4) is 0 Å². The Bertz CT molecular complexity index is 819. The summed E-state index contributed by atoms with van der Waals surface area (Å²) in [5.74, 6) is 4.00. The molecule has 0 atom stereocenters. The minimum absolute atomic E-state index is 0.532. The maximum atomic E-state index is 10.6. The highest BCUT2D eigenvalue weighted by molar-refractivity contribution is 7.09. The number of hydrogen-bond donors (Lipinski definition) is 2. The Balaban J connectivity index is 0.000000321. The first-order valence-electron chi connectivity index (χ1n) is 8.07. The second-order valence-corrected chi connectivity index (χ2v) is 6.79. The molecule has 0 aromatic carbocycles. The Hall–Kier alpha value is -2.67. The van der Waals surface area contributed by atoms with Gasteiger partial charge >= 0.3 is 12.1 Å². The molecule has 3 rings (SSSR count). The summed E-state index contributed by atoms with van der Waals surface area (Å²) in [4.78, 5) is 21.8. The van der Waals surface area contributed by atoms with Crippen molar-refractivity contribution in [1.29, 1.82) is 0 Å². The van der Waals surface area contributed by atoms with Crippen LogP contribution in [-0.4, -0.2) is 38.2 Å². The van der Waals surface area contributed by atoms with Crippen LogP contribution in [0.4, 0.5) is 19.1 Å². The van der Waals surface area contributed by atoms with Crippen molar-refractivity contribution in [1.82, 2.24) is 15.0 Å². The molecule has 2 heterocycles. The highest BCUT2D eigenvalue weighted by Crippen LogP contribution is 2.20.